The third-order valence-electron chi connectivity index (χ3n) is 2.74. The molecule has 88 valence electrons. The lowest BCUT2D eigenvalue weighted by molar-refractivity contribution is 1.13. The van der Waals surface area contributed by atoms with Crippen LogP contribution >= 0.6 is 0 Å². The molecule has 17 heavy (non-hydrogen) atoms. The molecule has 0 aliphatic carbocycles. The van der Waals surface area contributed by atoms with Crippen LogP contribution in [0.2, 0.25) is 0 Å². The van der Waals surface area contributed by atoms with Gasteiger partial charge in [-0.25, -0.2) is 0 Å². The fourth-order valence-electron chi connectivity index (χ4n) is 1.65. The molecule has 1 rings (SSSR count). The Morgan fingerprint density at radius 3 is 2.35 bits per heavy atom. The smallest absolute Gasteiger partial charge is 0.0184 e. The summed E-state index contributed by atoms with van der Waals surface area (Å²) in [5, 5.41) is 0. The van der Waals surface area contributed by atoms with Crippen molar-refractivity contribution in [2.24, 2.45) is 0 Å². The van der Waals surface area contributed by atoms with Gasteiger partial charge in [0, 0.05) is 0 Å². The SMILES string of the molecule is C=C(C(=C)c1ccccc1)/C(=C/C=C\C)CC. The Kier molecular flexibility index (Phi) is 5.22. The third kappa shape index (κ3) is 3.60. The molecule has 0 saturated heterocycles. The quantitative estimate of drug-likeness (QED) is 0.605. The molecular weight excluding hydrogens is 204 g/mol. The van der Waals surface area contributed by atoms with Gasteiger partial charge in [0.2, 0.25) is 0 Å². The van der Waals surface area contributed by atoms with E-state index in [1.807, 2.05) is 37.3 Å². The highest BCUT2D eigenvalue weighted by Gasteiger charge is 2.06. The van der Waals surface area contributed by atoms with Crippen molar-refractivity contribution in [1.29, 1.82) is 0 Å². The molecule has 0 nitrogen and oxygen atoms in total. The van der Waals surface area contributed by atoms with Gasteiger partial charge >= 0.3 is 0 Å². The number of rotatable bonds is 5. The fourth-order valence-corrected chi connectivity index (χ4v) is 1.65. The Balaban J connectivity index is 2.93. The summed E-state index contributed by atoms with van der Waals surface area (Å²) < 4.78 is 0. The van der Waals surface area contributed by atoms with Crippen LogP contribution in [-0.2, 0) is 0 Å². The van der Waals surface area contributed by atoms with E-state index >= 15 is 0 Å². The van der Waals surface area contributed by atoms with E-state index in [1.54, 1.807) is 0 Å². The van der Waals surface area contributed by atoms with Gasteiger partial charge < -0.3 is 0 Å². The first-order valence-electron chi connectivity index (χ1n) is 5.96. The second-order valence-corrected chi connectivity index (χ2v) is 3.89. The molecule has 0 amide bonds. The molecule has 0 atom stereocenters. The van der Waals surface area contributed by atoms with E-state index in [0.29, 0.717) is 0 Å². The number of hydrogen-bond donors (Lipinski definition) is 0. The summed E-state index contributed by atoms with van der Waals surface area (Å²) in [5.74, 6) is 0. The van der Waals surface area contributed by atoms with Crippen molar-refractivity contribution >= 4 is 5.57 Å². The molecular formula is C17H20. The molecule has 0 heteroatoms. The predicted octanol–water partition coefficient (Wildman–Crippen LogP) is 5.17. The van der Waals surface area contributed by atoms with Crippen LogP contribution in [0.15, 0.2) is 72.9 Å². The Morgan fingerprint density at radius 2 is 1.82 bits per heavy atom. The maximum Gasteiger partial charge on any atom is -0.0184 e. The number of allylic oxidation sites excluding steroid dienone is 6. The predicted molar refractivity (Wildman–Crippen MR) is 77.8 cm³/mol. The van der Waals surface area contributed by atoms with Crippen LogP contribution in [0.25, 0.3) is 5.57 Å². The molecule has 1 aromatic rings. The van der Waals surface area contributed by atoms with Crippen molar-refractivity contribution in [3.05, 3.63) is 78.4 Å². The van der Waals surface area contributed by atoms with Crippen molar-refractivity contribution in [1.82, 2.24) is 0 Å². The Bertz CT molecular complexity index is 444. The Morgan fingerprint density at radius 1 is 1.18 bits per heavy atom. The molecule has 0 fully saturated rings. The van der Waals surface area contributed by atoms with Crippen molar-refractivity contribution in [3.63, 3.8) is 0 Å². The van der Waals surface area contributed by atoms with E-state index in [-0.39, 0.29) is 0 Å². The number of benzene rings is 1. The summed E-state index contributed by atoms with van der Waals surface area (Å²) in [7, 11) is 0. The molecule has 0 spiro atoms. The van der Waals surface area contributed by atoms with Crippen LogP contribution in [0.5, 0.6) is 0 Å². The molecule has 0 aliphatic rings. The average molecular weight is 224 g/mol. The van der Waals surface area contributed by atoms with E-state index in [9.17, 15) is 0 Å². The highest BCUT2D eigenvalue weighted by Crippen LogP contribution is 2.27. The minimum absolute atomic E-state index is 0.967. The summed E-state index contributed by atoms with van der Waals surface area (Å²) in [6, 6.07) is 10.2. The second kappa shape index (κ2) is 6.70. The first-order valence-corrected chi connectivity index (χ1v) is 5.96. The van der Waals surface area contributed by atoms with E-state index in [1.165, 1.54) is 5.57 Å². The van der Waals surface area contributed by atoms with Crippen molar-refractivity contribution < 1.29 is 0 Å². The van der Waals surface area contributed by atoms with Crippen molar-refractivity contribution in [3.8, 4) is 0 Å². The first kappa shape index (κ1) is 13.2. The van der Waals surface area contributed by atoms with E-state index < -0.39 is 0 Å². The molecule has 0 aliphatic heterocycles. The molecule has 0 bridgehead atoms. The third-order valence-corrected chi connectivity index (χ3v) is 2.74. The highest BCUT2D eigenvalue weighted by atomic mass is 14.1. The van der Waals surface area contributed by atoms with E-state index in [2.05, 4.69) is 38.3 Å². The van der Waals surface area contributed by atoms with Crippen molar-refractivity contribution in [2.45, 2.75) is 20.3 Å². The van der Waals surface area contributed by atoms with Gasteiger partial charge in [0.05, 0.1) is 0 Å². The minimum atomic E-state index is 0.967. The summed E-state index contributed by atoms with van der Waals surface area (Å²) >= 11 is 0. The molecule has 0 radical (unpaired) electrons. The Hall–Kier alpha value is -1.82. The monoisotopic (exact) mass is 224 g/mol. The van der Waals surface area contributed by atoms with Gasteiger partial charge in [0.1, 0.15) is 0 Å². The topological polar surface area (TPSA) is 0 Å². The summed E-state index contributed by atoms with van der Waals surface area (Å²) in [5.41, 5.74) is 4.40. The summed E-state index contributed by atoms with van der Waals surface area (Å²) in [6.45, 7) is 12.4. The van der Waals surface area contributed by atoms with E-state index in [0.717, 1.165) is 23.1 Å². The second-order valence-electron chi connectivity index (χ2n) is 3.89. The van der Waals surface area contributed by atoms with Gasteiger partial charge in [-0.15, -0.1) is 0 Å². The molecule has 1 aromatic carbocycles. The highest BCUT2D eigenvalue weighted by molar-refractivity contribution is 5.81. The van der Waals surface area contributed by atoms with E-state index in [4.69, 9.17) is 0 Å². The van der Waals surface area contributed by atoms with Gasteiger partial charge in [0.15, 0.2) is 0 Å². The van der Waals surface area contributed by atoms with Crippen LogP contribution in [0, 0.1) is 0 Å². The van der Waals surface area contributed by atoms with Gasteiger partial charge in [0.25, 0.3) is 0 Å². The van der Waals surface area contributed by atoms with Crippen LogP contribution in [0.1, 0.15) is 25.8 Å². The first-order chi connectivity index (χ1) is 8.20. The molecule has 0 saturated carbocycles. The van der Waals surface area contributed by atoms with Gasteiger partial charge in [-0.2, -0.15) is 0 Å². The standard InChI is InChI=1S/C17H20/c1-5-7-11-16(6-2)14(3)15(4)17-12-9-8-10-13-17/h5,7-13H,3-4,6H2,1-2H3/b7-5-,16-11+. The molecule has 0 unspecified atom stereocenters. The van der Waals surface area contributed by atoms with Crippen LogP contribution < -0.4 is 0 Å². The van der Waals surface area contributed by atoms with Gasteiger partial charge in [-0.05, 0) is 35.6 Å². The lowest BCUT2D eigenvalue weighted by Crippen LogP contribution is -1.91. The molecule has 0 N–H and O–H groups in total. The molecule has 0 aromatic heterocycles. The maximum atomic E-state index is 4.15. The lowest BCUT2D eigenvalue weighted by atomic mass is 9.93. The minimum Gasteiger partial charge on any atom is -0.0909 e. The molecule has 0 heterocycles. The van der Waals surface area contributed by atoms with Crippen LogP contribution in [0.4, 0.5) is 0 Å². The van der Waals surface area contributed by atoms with Gasteiger partial charge in [-0.3, -0.25) is 0 Å². The zero-order valence-electron chi connectivity index (χ0n) is 10.7. The van der Waals surface area contributed by atoms with Gasteiger partial charge in [-0.1, -0.05) is 68.6 Å². The number of hydrogen-bond acceptors (Lipinski definition) is 0. The summed E-state index contributed by atoms with van der Waals surface area (Å²) in [6.07, 6.45) is 7.14. The Labute approximate surface area is 105 Å². The van der Waals surface area contributed by atoms with Crippen LogP contribution in [0.3, 0.4) is 0 Å². The van der Waals surface area contributed by atoms with Crippen molar-refractivity contribution in [2.75, 3.05) is 0 Å². The lowest BCUT2D eigenvalue weighted by Gasteiger charge is -2.11. The normalized spacial score (nSPS) is 11.8. The fraction of sp³-hybridized carbons (Fsp3) is 0.176. The maximum absolute atomic E-state index is 4.15. The average Bonchev–Trinajstić information content (AvgIpc) is 2.39. The zero-order valence-corrected chi connectivity index (χ0v) is 10.7. The largest absolute Gasteiger partial charge is 0.0909 e. The van der Waals surface area contributed by atoms with Crippen LogP contribution in [-0.4, -0.2) is 0 Å². The summed E-state index contributed by atoms with van der Waals surface area (Å²) in [4.78, 5) is 0. The zero-order chi connectivity index (χ0) is 12.7.